The molecule has 4 nitrogen and oxygen atoms in total. The summed E-state index contributed by atoms with van der Waals surface area (Å²) in [5.41, 5.74) is 3.08. The Labute approximate surface area is 105 Å². The van der Waals surface area contributed by atoms with Crippen LogP contribution in [0.4, 0.5) is 5.82 Å². The van der Waals surface area contributed by atoms with Crippen LogP contribution in [0.25, 0.3) is 0 Å². The topological polar surface area (TPSA) is 61.6 Å². The van der Waals surface area contributed by atoms with E-state index in [9.17, 15) is 0 Å². The zero-order valence-corrected chi connectivity index (χ0v) is 9.80. The van der Waals surface area contributed by atoms with Gasteiger partial charge in [0.1, 0.15) is 11.9 Å². The first-order valence-corrected chi connectivity index (χ1v) is 5.95. The Morgan fingerprint density at radius 3 is 2.83 bits per heavy atom. The molecule has 1 aliphatic rings. The lowest BCUT2D eigenvalue weighted by Crippen LogP contribution is -2.09. The fourth-order valence-corrected chi connectivity index (χ4v) is 2.35. The maximum absolute atomic E-state index is 8.67. The first kappa shape index (κ1) is 10.7. The van der Waals surface area contributed by atoms with Gasteiger partial charge in [-0.3, -0.25) is 0 Å². The Bertz CT molecular complexity index is 598. The molecule has 0 spiro atoms. The lowest BCUT2D eigenvalue weighted by Gasteiger charge is -2.13. The van der Waals surface area contributed by atoms with Gasteiger partial charge in [0.2, 0.25) is 0 Å². The van der Waals surface area contributed by atoms with E-state index in [1.54, 1.807) is 12.1 Å². The lowest BCUT2D eigenvalue weighted by molar-refractivity contribution is 0.752. The molecular weight excluding hydrogens is 224 g/mol. The standard InChI is InChI=1S/C14H12N4/c15-9-11-6-8-14(18-17-11)16-13-7-5-10-3-1-2-4-12(10)13/h1-4,6,8,13H,5,7H2,(H,16,18). The van der Waals surface area contributed by atoms with Gasteiger partial charge in [-0.15, -0.1) is 10.2 Å². The number of benzene rings is 1. The fraction of sp³-hybridized carbons (Fsp3) is 0.214. The normalized spacial score (nSPS) is 16.9. The Balaban J connectivity index is 1.80. The summed E-state index contributed by atoms with van der Waals surface area (Å²) in [6.07, 6.45) is 2.17. The predicted octanol–water partition coefficient (Wildman–Crippen LogP) is 2.45. The maximum atomic E-state index is 8.67. The minimum atomic E-state index is 0.295. The van der Waals surface area contributed by atoms with E-state index in [0.717, 1.165) is 18.7 Å². The Kier molecular flexibility index (Phi) is 2.66. The number of aryl methyl sites for hydroxylation is 1. The van der Waals surface area contributed by atoms with Gasteiger partial charge in [0, 0.05) is 0 Å². The van der Waals surface area contributed by atoms with Crippen molar-refractivity contribution < 1.29 is 0 Å². The minimum absolute atomic E-state index is 0.295. The number of nitrogens with zero attached hydrogens (tertiary/aromatic N) is 3. The molecule has 0 saturated carbocycles. The van der Waals surface area contributed by atoms with Crippen LogP contribution in [-0.2, 0) is 6.42 Å². The van der Waals surface area contributed by atoms with Gasteiger partial charge in [-0.05, 0) is 36.1 Å². The molecule has 0 amide bonds. The molecule has 1 aromatic carbocycles. The molecule has 0 radical (unpaired) electrons. The third-order valence-electron chi connectivity index (χ3n) is 3.23. The van der Waals surface area contributed by atoms with Crippen LogP contribution >= 0.6 is 0 Å². The van der Waals surface area contributed by atoms with Crippen molar-refractivity contribution >= 4 is 5.82 Å². The molecule has 3 rings (SSSR count). The van der Waals surface area contributed by atoms with Gasteiger partial charge in [-0.1, -0.05) is 24.3 Å². The summed E-state index contributed by atoms with van der Waals surface area (Å²) < 4.78 is 0. The summed E-state index contributed by atoms with van der Waals surface area (Å²) in [6.45, 7) is 0. The van der Waals surface area contributed by atoms with Crippen LogP contribution in [0.2, 0.25) is 0 Å². The molecule has 1 aromatic heterocycles. The van der Waals surface area contributed by atoms with Crippen molar-refractivity contribution in [1.82, 2.24) is 10.2 Å². The Morgan fingerprint density at radius 2 is 2.06 bits per heavy atom. The number of nitrogens with one attached hydrogen (secondary N) is 1. The molecule has 2 aromatic rings. The van der Waals surface area contributed by atoms with Crippen LogP contribution in [0.15, 0.2) is 36.4 Å². The molecule has 1 aliphatic carbocycles. The van der Waals surface area contributed by atoms with Crippen LogP contribution in [0.1, 0.15) is 29.3 Å². The van der Waals surface area contributed by atoms with Crippen molar-refractivity contribution in [3.8, 4) is 6.07 Å². The van der Waals surface area contributed by atoms with Crippen molar-refractivity contribution in [3.63, 3.8) is 0 Å². The number of fused-ring (bicyclic) bond motifs is 1. The maximum Gasteiger partial charge on any atom is 0.163 e. The highest BCUT2D eigenvalue weighted by atomic mass is 15.2. The molecule has 0 saturated heterocycles. The van der Waals surface area contributed by atoms with E-state index < -0.39 is 0 Å². The highest BCUT2D eigenvalue weighted by Gasteiger charge is 2.21. The number of anilines is 1. The van der Waals surface area contributed by atoms with E-state index in [1.165, 1.54) is 11.1 Å². The molecule has 1 heterocycles. The number of aromatic nitrogens is 2. The van der Waals surface area contributed by atoms with Crippen molar-refractivity contribution in [2.24, 2.45) is 0 Å². The van der Waals surface area contributed by atoms with Crippen LogP contribution in [0.5, 0.6) is 0 Å². The summed E-state index contributed by atoms with van der Waals surface area (Å²) in [4.78, 5) is 0. The van der Waals surface area contributed by atoms with Gasteiger partial charge in [-0.2, -0.15) is 5.26 Å². The van der Waals surface area contributed by atoms with Crippen LogP contribution < -0.4 is 5.32 Å². The molecule has 0 fully saturated rings. The van der Waals surface area contributed by atoms with Crippen molar-refractivity contribution in [2.45, 2.75) is 18.9 Å². The average Bonchev–Trinajstić information content (AvgIpc) is 2.83. The van der Waals surface area contributed by atoms with Gasteiger partial charge < -0.3 is 5.32 Å². The minimum Gasteiger partial charge on any atom is -0.362 e. The second kappa shape index (κ2) is 4.46. The van der Waals surface area contributed by atoms with Crippen molar-refractivity contribution in [2.75, 3.05) is 5.32 Å². The average molecular weight is 236 g/mol. The zero-order valence-electron chi connectivity index (χ0n) is 9.80. The predicted molar refractivity (Wildman–Crippen MR) is 67.9 cm³/mol. The summed E-state index contributed by atoms with van der Waals surface area (Å²) >= 11 is 0. The number of hydrogen-bond acceptors (Lipinski definition) is 4. The summed E-state index contributed by atoms with van der Waals surface area (Å²) in [5, 5.41) is 19.9. The SMILES string of the molecule is N#Cc1ccc(NC2CCc3ccccc32)nn1. The van der Waals surface area contributed by atoms with E-state index in [0.29, 0.717) is 11.7 Å². The molecule has 0 aliphatic heterocycles. The monoisotopic (exact) mass is 236 g/mol. The Morgan fingerprint density at radius 1 is 1.17 bits per heavy atom. The van der Waals surface area contributed by atoms with Gasteiger partial charge in [-0.25, -0.2) is 0 Å². The summed E-state index contributed by atoms with van der Waals surface area (Å²) in [5.74, 6) is 0.718. The Hall–Kier alpha value is -2.41. The molecule has 4 heteroatoms. The first-order valence-electron chi connectivity index (χ1n) is 5.95. The van der Waals surface area contributed by atoms with E-state index >= 15 is 0 Å². The van der Waals surface area contributed by atoms with Crippen LogP contribution in [-0.4, -0.2) is 10.2 Å². The number of nitriles is 1. The van der Waals surface area contributed by atoms with Crippen LogP contribution in [0, 0.1) is 11.3 Å². The first-order chi connectivity index (χ1) is 8.86. The third kappa shape index (κ3) is 1.91. The van der Waals surface area contributed by atoms with E-state index in [2.05, 4.69) is 39.8 Å². The van der Waals surface area contributed by atoms with Gasteiger partial charge >= 0.3 is 0 Å². The van der Waals surface area contributed by atoms with E-state index in [4.69, 9.17) is 5.26 Å². The van der Waals surface area contributed by atoms with Gasteiger partial charge in [0.15, 0.2) is 5.69 Å². The van der Waals surface area contributed by atoms with Gasteiger partial charge in [0.25, 0.3) is 0 Å². The summed E-state index contributed by atoms with van der Waals surface area (Å²) in [7, 11) is 0. The van der Waals surface area contributed by atoms with Crippen LogP contribution in [0.3, 0.4) is 0 Å². The molecule has 1 unspecified atom stereocenters. The number of rotatable bonds is 2. The molecule has 1 atom stereocenters. The third-order valence-corrected chi connectivity index (χ3v) is 3.23. The smallest absolute Gasteiger partial charge is 0.163 e. The number of hydrogen-bond donors (Lipinski definition) is 1. The second-order valence-electron chi connectivity index (χ2n) is 4.35. The quantitative estimate of drug-likeness (QED) is 0.870. The molecule has 18 heavy (non-hydrogen) atoms. The van der Waals surface area contributed by atoms with Crippen molar-refractivity contribution in [1.29, 1.82) is 5.26 Å². The molecule has 1 N–H and O–H groups in total. The van der Waals surface area contributed by atoms with E-state index in [1.807, 2.05) is 6.07 Å². The highest BCUT2D eigenvalue weighted by Crippen LogP contribution is 2.32. The van der Waals surface area contributed by atoms with Gasteiger partial charge in [0.05, 0.1) is 6.04 Å². The second-order valence-corrected chi connectivity index (χ2v) is 4.35. The molecule has 0 bridgehead atoms. The largest absolute Gasteiger partial charge is 0.362 e. The highest BCUT2D eigenvalue weighted by molar-refractivity contribution is 5.43. The van der Waals surface area contributed by atoms with E-state index in [-0.39, 0.29) is 0 Å². The molecule has 88 valence electrons. The lowest BCUT2D eigenvalue weighted by atomic mass is 10.1. The fourth-order valence-electron chi connectivity index (χ4n) is 2.35. The molecular formula is C14H12N4. The zero-order chi connectivity index (χ0) is 12.4. The summed E-state index contributed by atoms with van der Waals surface area (Å²) in [6, 6.07) is 14.2. The van der Waals surface area contributed by atoms with Crippen molar-refractivity contribution in [3.05, 3.63) is 53.2 Å².